The molecule has 0 spiro atoms. The Morgan fingerprint density at radius 3 is 2.81 bits per heavy atom. The maximum absolute atomic E-state index is 11.0. The topological polar surface area (TPSA) is 68.1 Å². The van der Waals surface area contributed by atoms with Crippen LogP contribution in [-0.2, 0) is 5.75 Å². The Hall–Kier alpha value is -2.08. The predicted molar refractivity (Wildman–Crippen MR) is 85.7 cm³/mol. The Labute approximate surface area is 127 Å². The van der Waals surface area contributed by atoms with Gasteiger partial charge in [-0.3, -0.25) is 10.1 Å². The SMILES string of the molecule is CCCNc1cccc(CSc2ccccc2[N+](=O)[O-])n1. The minimum atomic E-state index is -0.352. The van der Waals surface area contributed by atoms with Crippen LogP contribution in [-0.4, -0.2) is 16.5 Å². The zero-order valence-corrected chi connectivity index (χ0v) is 12.6. The third-order valence-electron chi connectivity index (χ3n) is 2.80. The molecule has 0 atom stereocenters. The van der Waals surface area contributed by atoms with Gasteiger partial charge in [-0.2, -0.15) is 0 Å². The molecule has 2 rings (SSSR count). The lowest BCUT2D eigenvalue weighted by atomic mass is 10.3. The highest BCUT2D eigenvalue weighted by atomic mass is 32.2. The molecule has 1 aromatic heterocycles. The highest BCUT2D eigenvalue weighted by Crippen LogP contribution is 2.30. The van der Waals surface area contributed by atoms with Crippen molar-refractivity contribution in [2.24, 2.45) is 0 Å². The van der Waals surface area contributed by atoms with E-state index in [0.717, 1.165) is 24.5 Å². The van der Waals surface area contributed by atoms with Crippen LogP contribution in [0, 0.1) is 10.1 Å². The standard InChI is InChI=1S/C15H17N3O2S/c1-2-10-16-15-9-5-6-12(17-15)11-21-14-8-4-3-7-13(14)18(19)20/h3-9H,2,10-11H2,1H3,(H,16,17). The van der Waals surface area contributed by atoms with E-state index in [1.807, 2.05) is 24.3 Å². The number of benzene rings is 1. The van der Waals surface area contributed by atoms with E-state index in [2.05, 4.69) is 17.2 Å². The monoisotopic (exact) mass is 303 g/mol. The van der Waals surface area contributed by atoms with Crippen LogP contribution in [0.2, 0.25) is 0 Å². The fourth-order valence-electron chi connectivity index (χ4n) is 1.79. The largest absolute Gasteiger partial charge is 0.370 e. The van der Waals surface area contributed by atoms with E-state index in [-0.39, 0.29) is 10.6 Å². The van der Waals surface area contributed by atoms with Gasteiger partial charge in [0.2, 0.25) is 0 Å². The van der Waals surface area contributed by atoms with E-state index in [0.29, 0.717) is 10.6 Å². The Bertz CT molecular complexity index is 619. The highest BCUT2D eigenvalue weighted by Gasteiger charge is 2.12. The molecule has 1 heterocycles. The Morgan fingerprint density at radius 1 is 1.24 bits per heavy atom. The summed E-state index contributed by atoms with van der Waals surface area (Å²) in [5, 5.41) is 14.2. The average molecular weight is 303 g/mol. The number of nitro groups is 1. The maximum atomic E-state index is 11.0. The van der Waals surface area contributed by atoms with Gasteiger partial charge in [0.05, 0.1) is 15.5 Å². The molecule has 110 valence electrons. The van der Waals surface area contributed by atoms with E-state index < -0.39 is 0 Å². The second-order valence-electron chi connectivity index (χ2n) is 4.45. The first kappa shape index (κ1) is 15.3. The first-order valence-corrected chi connectivity index (χ1v) is 7.75. The van der Waals surface area contributed by atoms with Crippen LogP contribution >= 0.6 is 11.8 Å². The van der Waals surface area contributed by atoms with Gasteiger partial charge in [0.25, 0.3) is 5.69 Å². The zero-order valence-electron chi connectivity index (χ0n) is 11.8. The number of nitro benzene ring substituents is 1. The van der Waals surface area contributed by atoms with Crippen molar-refractivity contribution in [1.82, 2.24) is 4.98 Å². The molecule has 1 aromatic carbocycles. The van der Waals surface area contributed by atoms with Crippen molar-refractivity contribution in [2.45, 2.75) is 24.0 Å². The molecule has 0 amide bonds. The van der Waals surface area contributed by atoms with Crippen molar-refractivity contribution in [3.05, 3.63) is 58.3 Å². The summed E-state index contributed by atoms with van der Waals surface area (Å²) in [7, 11) is 0. The van der Waals surface area contributed by atoms with Gasteiger partial charge >= 0.3 is 0 Å². The lowest BCUT2D eigenvalue weighted by Crippen LogP contribution is -2.02. The van der Waals surface area contributed by atoms with E-state index in [9.17, 15) is 10.1 Å². The molecule has 5 nitrogen and oxygen atoms in total. The van der Waals surface area contributed by atoms with Crippen LogP contribution in [0.4, 0.5) is 11.5 Å². The third-order valence-corrected chi connectivity index (χ3v) is 3.90. The summed E-state index contributed by atoms with van der Waals surface area (Å²) in [6.07, 6.45) is 1.04. The Morgan fingerprint density at radius 2 is 2.05 bits per heavy atom. The van der Waals surface area contributed by atoms with Gasteiger partial charge in [0.15, 0.2) is 0 Å². The number of anilines is 1. The normalized spacial score (nSPS) is 10.3. The van der Waals surface area contributed by atoms with E-state index in [1.54, 1.807) is 12.1 Å². The molecule has 6 heteroatoms. The Balaban J connectivity index is 2.05. The van der Waals surface area contributed by atoms with Crippen molar-refractivity contribution in [2.75, 3.05) is 11.9 Å². The number of aromatic nitrogens is 1. The summed E-state index contributed by atoms with van der Waals surface area (Å²) < 4.78 is 0. The van der Waals surface area contributed by atoms with Crippen molar-refractivity contribution < 1.29 is 4.92 Å². The summed E-state index contributed by atoms with van der Waals surface area (Å²) >= 11 is 1.43. The first-order valence-electron chi connectivity index (χ1n) is 6.76. The van der Waals surface area contributed by atoms with Gasteiger partial charge in [-0.25, -0.2) is 4.98 Å². The van der Waals surface area contributed by atoms with Gasteiger partial charge in [-0.15, -0.1) is 11.8 Å². The number of rotatable bonds is 7. The number of thioether (sulfide) groups is 1. The summed E-state index contributed by atoms with van der Waals surface area (Å²) in [6.45, 7) is 2.98. The molecule has 0 bridgehead atoms. The predicted octanol–water partition coefficient (Wildman–Crippen LogP) is 4.10. The molecule has 0 saturated heterocycles. The number of pyridine rings is 1. The van der Waals surface area contributed by atoms with Crippen molar-refractivity contribution in [3.63, 3.8) is 0 Å². The van der Waals surface area contributed by atoms with Gasteiger partial charge in [-0.05, 0) is 24.6 Å². The maximum Gasteiger partial charge on any atom is 0.282 e. The summed E-state index contributed by atoms with van der Waals surface area (Å²) in [5.74, 6) is 1.45. The number of para-hydroxylation sites is 1. The summed E-state index contributed by atoms with van der Waals surface area (Å²) in [6, 6.07) is 12.6. The quantitative estimate of drug-likeness (QED) is 0.474. The number of hydrogen-bond acceptors (Lipinski definition) is 5. The van der Waals surface area contributed by atoms with Crippen LogP contribution in [0.5, 0.6) is 0 Å². The summed E-state index contributed by atoms with van der Waals surface area (Å²) in [4.78, 5) is 15.8. The third kappa shape index (κ3) is 4.46. The van der Waals surface area contributed by atoms with Crippen LogP contribution in [0.3, 0.4) is 0 Å². The lowest BCUT2D eigenvalue weighted by Gasteiger charge is -2.06. The van der Waals surface area contributed by atoms with Crippen LogP contribution in [0.1, 0.15) is 19.0 Å². The van der Waals surface area contributed by atoms with Gasteiger partial charge in [-0.1, -0.05) is 25.1 Å². The molecule has 0 radical (unpaired) electrons. The van der Waals surface area contributed by atoms with E-state index in [1.165, 1.54) is 17.8 Å². The molecule has 0 unspecified atom stereocenters. The minimum absolute atomic E-state index is 0.141. The molecule has 0 aliphatic carbocycles. The molecule has 0 aliphatic rings. The molecule has 0 fully saturated rings. The zero-order chi connectivity index (χ0) is 15.1. The van der Waals surface area contributed by atoms with E-state index >= 15 is 0 Å². The van der Waals surface area contributed by atoms with Gasteiger partial charge in [0, 0.05) is 18.4 Å². The van der Waals surface area contributed by atoms with Crippen molar-refractivity contribution in [1.29, 1.82) is 0 Å². The smallest absolute Gasteiger partial charge is 0.282 e. The second-order valence-corrected chi connectivity index (χ2v) is 5.47. The Kier molecular flexibility index (Phi) is 5.57. The molecule has 0 saturated carbocycles. The number of hydrogen-bond donors (Lipinski definition) is 1. The van der Waals surface area contributed by atoms with Crippen LogP contribution in [0.25, 0.3) is 0 Å². The van der Waals surface area contributed by atoms with Crippen LogP contribution < -0.4 is 5.32 Å². The molecule has 21 heavy (non-hydrogen) atoms. The average Bonchev–Trinajstić information content (AvgIpc) is 2.51. The van der Waals surface area contributed by atoms with Crippen molar-refractivity contribution >= 4 is 23.3 Å². The molecule has 1 N–H and O–H groups in total. The fourth-order valence-corrected chi connectivity index (χ4v) is 2.72. The van der Waals surface area contributed by atoms with E-state index in [4.69, 9.17) is 0 Å². The highest BCUT2D eigenvalue weighted by molar-refractivity contribution is 7.98. The lowest BCUT2D eigenvalue weighted by molar-refractivity contribution is -0.387. The fraction of sp³-hybridized carbons (Fsp3) is 0.267. The number of nitrogens with one attached hydrogen (secondary N) is 1. The molecular weight excluding hydrogens is 286 g/mol. The molecule has 0 aliphatic heterocycles. The van der Waals surface area contributed by atoms with Crippen LogP contribution in [0.15, 0.2) is 47.4 Å². The van der Waals surface area contributed by atoms with Gasteiger partial charge < -0.3 is 5.32 Å². The number of nitrogens with zero attached hydrogens (tertiary/aromatic N) is 2. The second kappa shape index (κ2) is 7.64. The van der Waals surface area contributed by atoms with Gasteiger partial charge in [0.1, 0.15) is 5.82 Å². The minimum Gasteiger partial charge on any atom is -0.370 e. The first-order chi connectivity index (χ1) is 10.2. The molecular formula is C15H17N3O2S. The van der Waals surface area contributed by atoms with Crippen molar-refractivity contribution in [3.8, 4) is 0 Å². The summed E-state index contributed by atoms with van der Waals surface area (Å²) in [5.41, 5.74) is 1.04. The molecule has 2 aromatic rings.